The van der Waals surface area contributed by atoms with E-state index in [-0.39, 0.29) is 5.91 Å². The normalized spacial score (nSPS) is 20.0. The Morgan fingerprint density at radius 2 is 2.32 bits per heavy atom. The van der Waals surface area contributed by atoms with E-state index in [2.05, 4.69) is 32.8 Å². The van der Waals surface area contributed by atoms with Crippen molar-refractivity contribution in [1.82, 2.24) is 20.4 Å². The molecule has 1 fully saturated rings. The van der Waals surface area contributed by atoms with Crippen LogP contribution in [-0.4, -0.2) is 54.7 Å². The molecule has 2 N–H and O–H groups in total. The highest BCUT2D eigenvalue weighted by Gasteiger charge is 2.18. The summed E-state index contributed by atoms with van der Waals surface area (Å²) < 4.78 is 0. The molecular weight excluding hydrogens is 242 g/mol. The molecule has 6 heteroatoms. The maximum absolute atomic E-state index is 11.9. The van der Waals surface area contributed by atoms with E-state index in [4.69, 9.17) is 0 Å². The lowest BCUT2D eigenvalue weighted by Gasteiger charge is -2.29. The van der Waals surface area contributed by atoms with Crippen molar-refractivity contribution in [2.45, 2.75) is 12.8 Å². The highest BCUT2D eigenvalue weighted by atomic mass is 16.1. The largest absolute Gasteiger partial charge is 0.372 e. The Bertz CT molecular complexity index is 420. The first-order valence-electron chi connectivity index (χ1n) is 6.67. The van der Waals surface area contributed by atoms with Crippen LogP contribution in [0, 0.1) is 5.92 Å². The number of rotatable bonds is 4. The number of carbonyl (C=O) groups excluding carboxylic acids is 1. The van der Waals surface area contributed by atoms with Crippen LogP contribution < -0.4 is 10.6 Å². The number of amides is 1. The molecule has 0 saturated carbocycles. The van der Waals surface area contributed by atoms with Gasteiger partial charge in [-0.15, -0.1) is 10.2 Å². The quantitative estimate of drug-likeness (QED) is 0.832. The predicted octanol–water partition coefficient (Wildman–Crippen LogP) is 0.590. The third-order valence-electron chi connectivity index (χ3n) is 3.43. The fourth-order valence-corrected chi connectivity index (χ4v) is 2.35. The smallest absolute Gasteiger partial charge is 0.271 e. The number of aromatic nitrogens is 2. The van der Waals surface area contributed by atoms with Crippen LogP contribution in [0.15, 0.2) is 12.1 Å². The zero-order valence-electron chi connectivity index (χ0n) is 11.5. The van der Waals surface area contributed by atoms with Gasteiger partial charge in [-0.05, 0) is 44.5 Å². The Morgan fingerprint density at radius 1 is 1.47 bits per heavy atom. The van der Waals surface area contributed by atoms with Gasteiger partial charge in [-0.25, -0.2) is 0 Å². The maximum Gasteiger partial charge on any atom is 0.271 e. The molecule has 1 aromatic rings. The van der Waals surface area contributed by atoms with E-state index < -0.39 is 0 Å². The molecule has 1 aromatic heterocycles. The number of anilines is 1. The van der Waals surface area contributed by atoms with Crippen LogP contribution in [0.25, 0.3) is 0 Å². The Hall–Kier alpha value is -1.69. The predicted molar refractivity (Wildman–Crippen MR) is 74.1 cm³/mol. The van der Waals surface area contributed by atoms with Gasteiger partial charge in [0.25, 0.3) is 5.91 Å². The molecule has 0 radical (unpaired) electrons. The lowest BCUT2D eigenvalue weighted by molar-refractivity contribution is 0.0931. The van der Waals surface area contributed by atoms with E-state index in [9.17, 15) is 4.79 Å². The molecule has 0 spiro atoms. The molecule has 1 atom stereocenters. The van der Waals surface area contributed by atoms with E-state index in [1.165, 1.54) is 12.8 Å². The van der Waals surface area contributed by atoms with E-state index in [0.717, 1.165) is 13.1 Å². The highest BCUT2D eigenvalue weighted by molar-refractivity contribution is 5.92. The third-order valence-corrected chi connectivity index (χ3v) is 3.43. The number of hydrogen-bond acceptors (Lipinski definition) is 5. The molecule has 1 aliphatic rings. The standard InChI is InChI=1S/C13H21N5O/c1-14-12-6-5-11(16-17-12)13(19)15-8-10-4-3-7-18(2)9-10/h5-6,10H,3-4,7-9H2,1-2H3,(H,14,17)(H,15,19). The van der Waals surface area contributed by atoms with Crippen molar-refractivity contribution in [3.63, 3.8) is 0 Å². The van der Waals surface area contributed by atoms with Crippen molar-refractivity contribution < 1.29 is 4.79 Å². The van der Waals surface area contributed by atoms with Gasteiger partial charge < -0.3 is 15.5 Å². The number of nitrogens with zero attached hydrogens (tertiary/aromatic N) is 3. The Balaban J connectivity index is 1.83. The van der Waals surface area contributed by atoms with Crippen LogP contribution in [-0.2, 0) is 0 Å². The van der Waals surface area contributed by atoms with Crippen LogP contribution in [0.4, 0.5) is 5.82 Å². The zero-order valence-corrected chi connectivity index (χ0v) is 11.5. The lowest BCUT2D eigenvalue weighted by Crippen LogP contribution is -2.39. The van der Waals surface area contributed by atoms with Crippen molar-refractivity contribution in [3.05, 3.63) is 17.8 Å². The van der Waals surface area contributed by atoms with Crippen molar-refractivity contribution >= 4 is 11.7 Å². The zero-order chi connectivity index (χ0) is 13.7. The molecule has 19 heavy (non-hydrogen) atoms. The van der Waals surface area contributed by atoms with Crippen molar-refractivity contribution in [3.8, 4) is 0 Å². The molecule has 1 saturated heterocycles. The van der Waals surface area contributed by atoms with Gasteiger partial charge >= 0.3 is 0 Å². The van der Waals surface area contributed by atoms with E-state index in [0.29, 0.717) is 24.0 Å². The van der Waals surface area contributed by atoms with Crippen LogP contribution in [0.5, 0.6) is 0 Å². The molecule has 1 amide bonds. The minimum Gasteiger partial charge on any atom is -0.372 e. The Kier molecular flexibility index (Phi) is 4.68. The van der Waals surface area contributed by atoms with E-state index in [1.807, 2.05) is 0 Å². The summed E-state index contributed by atoms with van der Waals surface area (Å²) in [5, 5.41) is 13.6. The summed E-state index contributed by atoms with van der Waals surface area (Å²) >= 11 is 0. The molecule has 1 aliphatic heterocycles. The Labute approximate surface area is 113 Å². The third kappa shape index (κ3) is 3.89. The average molecular weight is 263 g/mol. The monoisotopic (exact) mass is 263 g/mol. The molecule has 0 aliphatic carbocycles. The number of hydrogen-bond donors (Lipinski definition) is 2. The average Bonchev–Trinajstić information content (AvgIpc) is 2.45. The molecule has 0 aromatic carbocycles. The number of nitrogens with one attached hydrogen (secondary N) is 2. The van der Waals surface area contributed by atoms with E-state index >= 15 is 0 Å². The molecule has 1 unspecified atom stereocenters. The fraction of sp³-hybridized carbons (Fsp3) is 0.615. The first-order valence-corrected chi connectivity index (χ1v) is 6.67. The lowest BCUT2D eigenvalue weighted by atomic mass is 9.98. The minimum absolute atomic E-state index is 0.150. The van der Waals surface area contributed by atoms with Gasteiger partial charge in [-0.1, -0.05) is 0 Å². The molecule has 104 valence electrons. The number of likely N-dealkylation sites (tertiary alicyclic amines) is 1. The van der Waals surface area contributed by atoms with Gasteiger partial charge in [-0.2, -0.15) is 0 Å². The maximum atomic E-state index is 11.9. The van der Waals surface area contributed by atoms with Gasteiger partial charge in [0, 0.05) is 20.1 Å². The van der Waals surface area contributed by atoms with Gasteiger partial charge in [0.05, 0.1) is 0 Å². The van der Waals surface area contributed by atoms with Gasteiger partial charge in [-0.3, -0.25) is 4.79 Å². The summed E-state index contributed by atoms with van der Waals surface area (Å²) in [6, 6.07) is 3.43. The first-order chi connectivity index (χ1) is 9.19. The summed E-state index contributed by atoms with van der Waals surface area (Å²) in [5.74, 6) is 1.04. The van der Waals surface area contributed by atoms with Crippen molar-refractivity contribution in [2.24, 2.45) is 5.92 Å². The number of carbonyl (C=O) groups is 1. The second-order valence-electron chi connectivity index (χ2n) is 5.03. The van der Waals surface area contributed by atoms with Crippen molar-refractivity contribution in [2.75, 3.05) is 39.0 Å². The number of piperidine rings is 1. The summed E-state index contributed by atoms with van der Waals surface area (Å²) in [7, 11) is 3.89. The van der Waals surface area contributed by atoms with Crippen LogP contribution >= 0.6 is 0 Å². The topological polar surface area (TPSA) is 70.2 Å². The van der Waals surface area contributed by atoms with Crippen molar-refractivity contribution in [1.29, 1.82) is 0 Å². The summed E-state index contributed by atoms with van der Waals surface area (Å²) in [6.45, 7) is 2.91. The Morgan fingerprint density at radius 3 is 2.95 bits per heavy atom. The molecular formula is C13H21N5O. The van der Waals surface area contributed by atoms with Gasteiger partial charge in [0.15, 0.2) is 5.69 Å². The summed E-state index contributed by atoms with van der Waals surface area (Å²) in [4.78, 5) is 14.2. The second-order valence-corrected chi connectivity index (χ2v) is 5.03. The minimum atomic E-state index is -0.150. The molecule has 0 bridgehead atoms. The summed E-state index contributed by atoms with van der Waals surface area (Å²) in [5.41, 5.74) is 0.364. The summed E-state index contributed by atoms with van der Waals surface area (Å²) in [6.07, 6.45) is 2.38. The van der Waals surface area contributed by atoms with Gasteiger partial charge in [0.2, 0.25) is 0 Å². The molecule has 6 nitrogen and oxygen atoms in total. The van der Waals surface area contributed by atoms with Crippen LogP contribution in [0.3, 0.4) is 0 Å². The van der Waals surface area contributed by atoms with Crippen LogP contribution in [0.2, 0.25) is 0 Å². The second kappa shape index (κ2) is 6.47. The first kappa shape index (κ1) is 13.7. The van der Waals surface area contributed by atoms with Gasteiger partial charge in [0.1, 0.15) is 5.82 Å². The van der Waals surface area contributed by atoms with Crippen LogP contribution in [0.1, 0.15) is 23.3 Å². The highest BCUT2D eigenvalue weighted by Crippen LogP contribution is 2.14. The molecule has 2 heterocycles. The fourth-order valence-electron chi connectivity index (χ4n) is 2.35. The molecule has 2 rings (SSSR count). The SMILES string of the molecule is CNc1ccc(C(=O)NCC2CCCN(C)C2)nn1. The van der Waals surface area contributed by atoms with E-state index in [1.54, 1.807) is 19.2 Å².